The first kappa shape index (κ1) is 18.7. The summed E-state index contributed by atoms with van der Waals surface area (Å²) in [6, 6.07) is 6.99. The predicted molar refractivity (Wildman–Crippen MR) is 96.9 cm³/mol. The van der Waals surface area contributed by atoms with Crippen molar-refractivity contribution in [2.75, 3.05) is 32.7 Å². The Morgan fingerprint density at radius 2 is 1.81 bits per heavy atom. The molecule has 0 aliphatic heterocycles. The maximum atomic E-state index is 14.2. The van der Waals surface area contributed by atoms with Crippen LogP contribution < -0.4 is 19.5 Å². The number of hydrogen-bond acceptors (Lipinski definition) is 6. The van der Waals surface area contributed by atoms with E-state index in [2.05, 4.69) is 10.3 Å². The van der Waals surface area contributed by atoms with Gasteiger partial charge in [0.05, 0.1) is 19.2 Å². The average molecular weight is 376 g/mol. The molecule has 3 rings (SSSR count). The zero-order chi connectivity index (χ0) is 19.4. The second-order valence-corrected chi connectivity index (χ2v) is 5.52. The SMILES string of the molecule is CNc1cc(F)c(Oc2ccnc3cc(OCCO)c(OC)cc23)c(F)c1. The van der Waals surface area contributed by atoms with E-state index >= 15 is 0 Å². The summed E-state index contributed by atoms with van der Waals surface area (Å²) in [7, 11) is 3.02. The number of rotatable bonds is 7. The Morgan fingerprint density at radius 1 is 1.07 bits per heavy atom. The highest BCUT2D eigenvalue weighted by Crippen LogP contribution is 2.38. The molecule has 8 heteroatoms. The monoisotopic (exact) mass is 376 g/mol. The summed E-state index contributed by atoms with van der Waals surface area (Å²) in [5.41, 5.74) is 0.776. The first-order valence-corrected chi connectivity index (χ1v) is 8.12. The minimum absolute atomic E-state index is 0.0896. The minimum atomic E-state index is -0.834. The molecule has 27 heavy (non-hydrogen) atoms. The van der Waals surface area contributed by atoms with Gasteiger partial charge >= 0.3 is 0 Å². The maximum Gasteiger partial charge on any atom is 0.198 e. The normalized spacial score (nSPS) is 10.7. The molecule has 0 radical (unpaired) electrons. The zero-order valence-electron chi connectivity index (χ0n) is 14.8. The van der Waals surface area contributed by atoms with Gasteiger partial charge in [0.15, 0.2) is 28.9 Å². The highest BCUT2D eigenvalue weighted by molar-refractivity contribution is 5.88. The molecule has 0 unspecified atom stereocenters. The van der Waals surface area contributed by atoms with Gasteiger partial charge in [0.1, 0.15) is 12.4 Å². The first-order valence-electron chi connectivity index (χ1n) is 8.12. The lowest BCUT2D eigenvalue weighted by Crippen LogP contribution is -2.03. The highest BCUT2D eigenvalue weighted by Gasteiger charge is 2.17. The van der Waals surface area contributed by atoms with Gasteiger partial charge in [0, 0.05) is 42.5 Å². The molecule has 0 atom stereocenters. The van der Waals surface area contributed by atoms with Gasteiger partial charge in [-0.3, -0.25) is 4.98 Å². The summed E-state index contributed by atoms with van der Waals surface area (Å²) in [5, 5.41) is 12.1. The van der Waals surface area contributed by atoms with Crippen molar-refractivity contribution in [2.24, 2.45) is 0 Å². The summed E-state index contributed by atoms with van der Waals surface area (Å²) in [6.45, 7) is -0.0643. The van der Waals surface area contributed by atoms with Crippen molar-refractivity contribution in [2.45, 2.75) is 0 Å². The fourth-order valence-corrected chi connectivity index (χ4v) is 2.56. The van der Waals surface area contributed by atoms with Crippen LogP contribution in [-0.4, -0.2) is 37.5 Å². The number of anilines is 1. The molecule has 2 N–H and O–H groups in total. The lowest BCUT2D eigenvalue weighted by atomic mass is 10.1. The predicted octanol–water partition coefficient (Wildman–Crippen LogP) is 3.73. The molecule has 142 valence electrons. The van der Waals surface area contributed by atoms with Crippen molar-refractivity contribution in [3.05, 3.63) is 48.2 Å². The molecular weight excluding hydrogens is 358 g/mol. The second kappa shape index (κ2) is 8.05. The number of aliphatic hydroxyl groups is 1. The van der Waals surface area contributed by atoms with Crippen LogP contribution in [0.5, 0.6) is 23.0 Å². The molecule has 2 aromatic carbocycles. The molecule has 0 bridgehead atoms. The second-order valence-electron chi connectivity index (χ2n) is 5.52. The van der Waals surface area contributed by atoms with Crippen molar-refractivity contribution in [3.63, 3.8) is 0 Å². The quantitative estimate of drug-likeness (QED) is 0.655. The van der Waals surface area contributed by atoms with Crippen LogP contribution in [0.1, 0.15) is 0 Å². The number of pyridine rings is 1. The van der Waals surface area contributed by atoms with Crippen molar-refractivity contribution in [1.82, 2.24) is 4.98 Å². The summed E-state index contributed by atoms with van der Waals surface area (Å²) >= 11 is 0. The summed E-state index contributed by atoms with van der Waals surface area (Å²) < 4.78 is 44.7. The average Bonchev–Trinajstić information content (AvgIpc) is 2.68. The van der Waals surface area contributed by atoms with Crippen LogP contribution >= 0.6 is 0 Å². The van der Waals surface area contributed by atoms with Crippen LogP contribution in [0.2, 0.25) is 0 Å². The minimum Gasteiger partial charge on any atom is -0.493 e. The van der Waals surface area contributed by atoms with E-state index in [1.54, 1.807) is 19.2 Å². The van der Waals surface area contributed by atoms with Crippen LogP contribution in [0.25, 0.3) is 10.9 Å². The number of nitrogens with one attached hydrogen (secondary N) is 1. The number of aromatic nitrogens is 1. The number of benzene rings is 2. The van der Waals surface area contributed by atoms with Crippen molar-refractivity contribution >= 4 is 16.6 Å². The largest absolute Gasteiger partial charge is 0.493 e. The Hall–Kier alpha value is -3.13. The molecule has 3 aromatic rings. The zero-order valence-corrected chi connectivity index (χ0v) is 14.8. The highest BCUT2D eigenvalue weighted by atomic mass is 19.1. The summed E-state index contributed by atoms with van der Waals surface area (Å²) in [6.07, 6.45) is 1.46. The van der Waals surface area contributed by atoms with Crippen LogP contribution in [-0.2, 0) is 0 Å². The van der Waals surface area contributed by atoms with Gasteiger partial charge in [-0.1, -0.05) is 0 Å². The molecule has 1 aromatic heterocycles. The summed E-state index contributed by atoms with van der Waals surface area (Å²) in [5.74, 6) is -1.21. The van der Waals surface area contributed by atoms with Gasteiger partial charge in [0.25, 0.3) is 0 Å². The third-order valence-corrected chi connectivity index (χ3v) is 3.83. The summed E-state index contributed by atoms with van der Waals surface area (Å²) in [4.78, 5) is 4.22. The lowest BCUT2D eigenvalue weighted by molar-refractivity contribution is 0.196. The number of halogens is 2. The number of fused-ring (bicyclic) bond motifs is 1. The van der Waals surface area contributed by atoms with E-state index in [-0.39, 0.29) is 19.0 Å². The van der Waals surface area contributed by atoms with E-state index in [4.69, 9.17) is 19.3 Å². The van der Waals surface area contributed by atoms with Crippen LogP contribution in [0.4, 0.5) is 14.5 Å². The van der Waals surface area contributed by atoms with Crippen molar-refractivity contribution in [1.29, 1.82) is 0 Å². The van der Waals surface area contributed by atoms with Gasteiger partial charge in [0.2, 0.25) is 0 Å². The Morgan fingerprint density at radius 3 is 2.44 bits per heavy atom. The Labute approximate surface area is 154 Å². The smallest absolute Gasteiger partial charge is 0.198 e. The van der Waals surface area contributed by atoms with Gasteiger partial charge in [-0.15, -0.1) is 0 Å². The topological polar surface area (TPSA) is 72.8 Å². The van der Waals surface area contributed by atoms with Crippen LogP contribution in [0.3, 0.4) is 0 Å². The van der Waals surface area contributed by atoms with Gasteiger partial charge in [-0.05, 0) is 12.1 Å². The molecule has 1 heterocycles. The number of aliphatic hydroxyl groups excluding tert-OH is 1. The molecule has 6 nitrogen and oxygen atoms in total. The van der Waals surface area contributed by atoms with Gasteiger partial charge in [-0.25, -0.2) is 8.78 Å². The number of ether oxygens (including phenoxy) is 3. The molecule has 0 aliphatic rings. The molecular formula is C19H18F2N2O4. The Bertz CT molecular complexity index is 943. The maximum absolute atomic E-state index is 14.2. The Kier molecular flexibility index (Phi) is 5.56. The van der Waals surface area contributed by atoms with Crippen LogP contribution in [0, 0.1) is 11.6 Å². The third kappa shape index (κ3) is 3.85. The van der Waals surface area contributed by atoms with Gasteiger partial charge in [-0.2, -0.15) is 0 Å². The fraction of sp³-hybridized carbons (Fsp3) is 0.211. The van der Waals surface area contributed by atoms with Crippen molar-refractivity contribution < 1.29 is 28.1 Å². The van der Waals surface area contributed by atoms with E-state index in [1.165, 1.54) is 19.4 Å². The molecule has 0 saturated heterocycles. The van der Waals surface area contributed by atoms with Crippen molar-refractivity contribution in [3.8, 4) is 23.0 Å². The van der Waals surface area contributed by atoms with E-state index in [0.29, 0.717) is 28.1 Å². The van der Waals surface area contributed by atoms with E-state index in [1.807, 2.05) is 0 Å². The van der Waals surface area contributed by atoms with E-state index in [9.17, 15) is 8.78 Å². The van der Waals surface area contributed by atoms with E-state index in [0.717, 1.165) is 12.1 Å². The number of nitrogens with zero attached hydrogens (tertiary/aromatic N) is 1. The fourth-order valence-electron chi connectivity index (χ4n) is 2.56. The van der Waals surface area contributed by atoms with Crippen LogP contribution in [0.15, 0.2) is 36.5 Å². The standard InChI is InChI=1S/C19H18F2N2O4/c1-22-11-7-13(20)19(14(21)8-11)27-16-3-4-23-15-10-18(26-6-5-24)17(25-2)9-12(15)16/h3-4,7-10,22,24H,5-6H2,1-2H3. The lowest BCUT2D eigenvalue weighted by Gasteiger charge is -2.14. The third-order valence-electron chi connectivity index (χ3n) is 3.83. The Balaban J connectivity index is 2.05. The molecule has 0 aliphatic carbocycles. The first-order chi connectivity index (χ1) is 13.1. The number of hydrogen-bond donors (Lipinski definition) is 2. The number of methoxy groups -OCH3 is 1. The molecule has 0 amide bonds. The molecule has 0 spiro atoms. The van der Waals surface area contributed by atoms with Gasteiger partial charge < -0.3 is 24.6 Å². The van der Waals surface area contributed by atoms with E-state index < -0.39 is 17.4 Å². The molecule has 0 fully saturated rings. The molecule has 0 saturated carbocycles.